The molecular formula is C19H19FN8. The van der Waals surface area contributed by atoms with Crippen LogP contribution >= 0.6 is 0 Å². The lowest BCUT2D eigenvalue weighted by Gasteiger charge is -2.32. The lowest BCUT2D eigenvalue weighted by atomic mass is 9.97. The lowest BCUT2D eigenvalue weighted by molar-refractivity contribution is 0.338. The van der Waals surface area contributed by atoms with Gasteiger partial charge in [-0.2, -0.15) is 0 Å². The Hall–Kier alpha value is -3.36. The van der Waals surface area contributed by atoms with E-state index in [1.54, 1.807) is 24.8 Å². The van der Waals surface area contributed by atoms with Gasteiger partial charge in [0, 0.05) is 25.2 Å². The van der Waals surface area contributed by atoms with Crippen LogP contribution in [0.1, 0.15) is 12.8 Å². The maximum Gasteiger partial charge on any atom is 0.182 e. The van der Waals surface area contributed by atoms with Crippen molar-refractivity contribution in [1.29, 1.82) is 0 Å². The predicted octanol–water partition coefficient (Wildman–Crippen LogP) is 2.67. The van der Waals surface area contributed by atoms with Gasteiger partial charge >= 0.3 is 0 Å². The number of hydrogen-bond donors (Lipinski definition) is 1. The van der Waals surface area contributed by atoms with Gasteiger partial charge in [-0.3, -0.25) is 4.68 Å². The highest BCUT2D eigenvalue weighted by atomic mass is 19.1. The third-order valence-corrected chi connectivity index (χ3v) is 5.24. The van der Waals surface area contributed by atoms with Gasteiger partial charge < -0.3 is 9.88 Å². The molecule has 0 atom stereocenters. The van der Waals surface area contributed by atoms with Crippen molar-refractivity contribution in [3.8, 4) is 11.3 Å². The maximum absolute atomic E-state index is 13.1. The number of nitrogens with zero attached hydrogens (tertiary/aromatic N) is 7. The normalized spacial score (nSPS) is 15.4. The number of hydrogen-bond acceptors (Lipinski definition) is 6. The van der Waals surface area contributed by atoms with E-state index in [1.165, 1.54) is 12.1 Å². The highest BCUT2D eigenvalue weighted by Crippen LogP contribution is 2.26. The summed E-state index contributed by atoms with van der Waals surface area (Å²) in [5, 5.41) is 8.47. The van der Waals surface area contributed by atoms with E-state index < -0.39 is 0 Å². The molecule has 0 amide bonds. The number of aromatic nitrogens is 7. The first-order valence-electron chi connectivity index (χ1n) is 9.31. The van der Waals surface area contributed by atoms with Crippen molar-refractivity contribution in [2.75, 3.05) is 18.0 Å². The molecule has 1 aromatic carbocycles. The smallest absolute Gasteiger partial charge is 0.182 e. The molecule has 9 heteroatoms. The Kier molecular flexibility index (Phi) is 4.19. The van der Waals surface area contributed by atoms with Crippen molar-refractivity contribution >= 4 is 17.0 Å². The number of aromatic amines is 1. The number of halogens is 1. The second-order valence-electron chi connectivity index (χ2n) is 7.06. The molecule has 0 saturated carbocycles. The Balaban J connectivity index is 1.23. The zero-order valence-electron chi connectivity index (χ0n) is 15.2. The first-order valence-corrected chi connectivity index (χ1v) is 9.31. The number of nitrogens with one attached hydrogen (secondary N) is 1. The minimum absolute atomic E-state index is 0.251. The summed E-state index contributed by atoms with van der Waals surface area (Å²) in [5.74, 6) is 1.19. The van der Waals surface area contributed by atoms with E-state index >= 15 is 0 Å². The zero-order chi connectivity index (χ0) is 18.9. The molecule has 8 nitrogen and oxygen atoms in total. The Morgan fingerprint density at radius 3 is 2.71 bits per heavy atom. The molecule has 4 aromatic rings. The van der Waals surface area contributed by atoms with Gasteiger partial charge in [0.05, 0.1) is 12.5 Å². The Morgan fingerprint density at radius 2 is 1.89 bits per heavy atom. The Morgan fingerprint density at radius 1 is 1.07 bits per heavy atom. The standard InChI is InChI=1S/C19H19FN8/c20-15-3-1-14(2-4-15)16-10-28(26-25-16)9-13-5-7-27(8-6-13)19-17-18(22-11-21-17)23-12-24-19/h1-4,10-13H,5-9H2,(H,21,22,23,24). The highest BCUT2D eigenvalue weighted by molar-refractivity contribution is 5.82. The summed E-state index contributed by atoms with van der Waals surface area (Å²) in [4.78, 5) is 18.2. The fraction of sp³-hybridized carbons (Fsp3) is 0.316. The van der Waals surface area contributed by atoms with Gasteiger partial charge in [-0.25, -0.2) is 19.3 Å². The van der Waals surface area contributed by atoms with Crippen molar-refractivity contribution in [2.24, 2.45) is 5.92 Å². The molecule has 1 aliphatic rings. The molecule has 3 aromatic heterocycles. The molecule has 28 heavy (non-hydrogen) atoms. The van der Waals surface area contributed by atoms with Gasteiger partial charge in [0.25, 0.3) is 0 Å². The van der Waals surface area contributed by atoms with E-state index in [2.05, 4.69) is 35.1 Å². The van der Waals surface area contributed by atoms with Crippen molar-refractivity contribution in [1.82, 2.24) is 34.9 Å². The second kappa shape index (κ2) is 6.99. The zero-order valence-corrected chi connectivity index (χ0v) is 15.2. The SMILES string of the molecule is Fc1ccc(-c2cn(CC3CCN(c4ncnc5nc[nH]c45)CC3)nn2)cc1. The van der Waals surface area contributed by atoms with Gasteiger partial charge in [-0.05, 0) is 43.0 Å². The molecule has 1 aliphatic heterocycles. The molecule has 0 bridgehead atoms. The van der Waals surface area contributed by atoms with Crippen LogP contribution in [0.5, 0.6) is 0 Å². The van der Waals surface area contributed by atoms with E-state index in [-0.39, 0.29) is 5.82 Å². The van der Waals surface area contributed by atoms with Gasteiger partial charge in [0.1, 0.15) is 23.4 Å². The van der Waals surface area contributed by atoms with Crippen LogP contribution in [0, 0.1) is 11.7 Å². The minimum Gasteiger partial charge on any atom is -0.355 e. The monoisotopic (exact) mass is 378 g/mol. The quantitative estimate of drug-likeness (QED) is 0.587. The molecule has 0 spiro atoms. The summed E-state index contributed by atoms with van der Waals surface area (Å²) in [6.45, 7) is 2.68. The van der Waals surface area contributed by atoms with Crippen LogP contribution in [0.4, 0.5) is 10.2 Å². The lowest BCUT2D eigenvalue weighted by Crippen LogP contribution is -2.35. The van der Waals surface area contributed by atoms with Gasteiger partial charge in [-0.15, -0.1) is 5.10 Å². The van der Waals surface area contributed by atoms with Gasteiger partial charge in [0.15, 0.2) is 11.5 Å². The fourth-order valence-corrected chi connectivity index (χ4v) is 3.72. The fourth-order valence-electron chi connectivity index (χ4n) is 3.72. The molecular weight excluding hydrogens is 359 g/mol. The minimum atomic E-state index is -0.251. The second-order valence-corrected chi connectivity index (χ2v) is 7.06. The van der Waals surface area contributed by atoms with Gasteiger partial charge in [0.2, 0.25) is 0 Å². The summed E-state index contributed by atoms with van der Waals surface area (Å²) in [6.07, 6.45) is 7.24. The molecule has 4 heterocycles. The summed E-state index contributed by atoms with van der Waals surface area (Å²) < 4.78 is 15.0. The van der Waals surface area contributed by atoms with Crippen LogP contribution in [0.3, 0.4) is 0 Å². The third kappa shape index (κ3) is 3.19. The number of piperidine rings is 1. The van der Waals surface area contributed by atoms with E-state index in [9.17, 15) is 4.39 Å². The van der Waals surface area contributed by atoms with Crippen LogP contribution in [-0.4, -0.2) is 48.0 Å². The highest BCUT2D eigenvalue weighted by Gasteiger charge is 2.23. The summed E-state index contributed by atoms with van der Waals surface area (Å²) in [5.41, 5.74) is 3.22. The number of H-pyrrole nitrogens is 1. The average Bonchev–Trinajstić information content (AvgIpc) is 3.38. The molecule has 5 rings (SSSR count). The number of fused-ring (bicyclic) bond motifs is 1. The van der Waals surface area contributed by atoms with Crippen molar-refractivity contribution in [3.05, 3.63) is 48.9 Å². The average molecular weight is 378 g/mol. The van der Waals surface area contributed by atoms with E-state index in [0.717, 1.165) is 55.1 Å². The van der Waals surface area contributed by atoms with Crippen molar-refractivity contribution in [2.45, 2.75) is 19.4 Å². The maximum atomic E-state index is 13.1. The first kappa shape index (κ1) is 16.8. The van der Waals surface area contributed by atoms with Gasteiger partial charge in [-0.1, -0.05) is 5.21 Å². The van der Waals surface area contributed by atoms with Crippen molar-refractivity contribution in [3.63, 3.8) is 0 Å². The molecule has 1 fully saturated rings. The number of anilines is 1. The number of rotatable bonds is 4. The molecule has 1 N–H and O–H groups in total. The van der Waals surface area contributed by atoms with Crippen molar-refractivity contribution < 1.29 is 4.39 Å². The predicted molar refractivity (Wildman–Crippen MR) is 102 cm³/mol. The largest absolute Gasteiger partial charge is 0.355 e. The number of imidazole rings is 1. The van der Waals surface area contributed by atoms with Crippen LogP contribution in [0.2, 0.25) is 0 Å². The van der Waals surface area contributed by atoms with E-state index in [1.807, 2.05) is 10.9 Å². The van der Waals surface area contributed by atoms with E-state index in [4.69, 9.17) is 0 Å². The Bertz CT molecular complexity index is 1080. The summed E-state index contributed by atoms with van der Waals surface area (Å²) >= 11 is 0. The van der Waals surface area contributed by atoms with Crippen LogP contribution in [-0.2, 0) is 6.54 Å². The summed E-state index contributed by atoms with van der Waals surface area (Å²) in [7, 11) is 0. The molecule has 142 valence electrons. The van der Waals surface area contributed by atoms with Crippen LogP contribution in [0.15, 0.2) is 43.1 Å². The molecule has 1 saturated heterocycles. The topological polar surface area (TPSA) is 88.4 Å². The van der Waals surface area contributed by atoms with E-state index in [0.29, 0.717) is 11.6 Å². The Labute approximate surface area is 160 Å². The molecule has 0 unspecified atom stereocenters. The number of benzene rings is 1. The first-order chi connectivity index (χ1) is 13.8. The third-order valence-electron chi connectivity index (χ3n) is 5.24. The molecule has 0 aliphatic carbocycles. The van der Waals surface area contributed by atoms with Crippen LogP contribution < -0.4 is 4.90 Å². The van der Waals surface area contributed by atoms with Crippen LogP contribution in [0.25, 0.3) is 22.4 Å². The summed E-state index contributed by atoms with van der Waals surface area (Å²) in [6, 6.07) is 6.32. The molecule has 0 radical (unpaired) electrons.